The molecule has 1 aliphatic rings. The molecule has 2 aromatic heterocycles. The van der Waals surface area contributed by atoms with Gasteiger partial charge in [-0.3, -0.25) is 14.7 Å². The molecule has 0 atom stereocenters. The number of fused-ring (bicyclic) bond motifs is 1. The largest absolute Gasteiger partial charge is 0.444 e. The summed E-state index contributed by atoms with van der Waals surface area (Å²) in [6.45, 7) is 9.23. The minimum Gasteiger partial charge on any atom is -0.444 e. The van der Waals surface area contributed by atoms with Crippen LogP contribution >= 0.6 is 11.3 Å². The Morgan fingerprint density at radius 1 is 1.00 bits per heavy atom. The van der Waals surface area contributed by atoms with Crippen LogP contribution in [0.3, 0.4) is 0 Å². The number of nitrogens with one attached hydrogen (secondary N) is 1. The average Bonchev–Trinajstić information content (AvgIpc) is 3.34. The predicted molar refractivity (Wildman–Crippen MR) is 150 cm³/mol. The van der Waals surface area contributed by atoms with Crippen LogP contribution in [-0.4, -0.2) is 63.5 Å². The summed E-state index contributed by atoms with van der Waals surface area (Å²) in [5, 5.41) is 3.87. The number of thiazole rings is 1. The van der Waals surface area contributed by atoms with Gasteiger partial charge in [-0.25, -0.2) is 9.78 Å². The van der Waals surface area contributed by atoms with Gasteiger partial charge in [0, 0.05) is 50.7 Å². The number of hydrogen-bond acceptors (Lipinski definition) is 7. The van der Waals surface area contributed by atoms with E-state index in [1.807, 2.05) is 45.0 Å². The average molecular weight is 530 g/mol. The minimum absolute atomic E-state index is 0.210. The molecule has 0 radical (unpaired) electrons. The van der Waals surface area contributed by atoms with Crippen LogP contribution in [0.4, 0.5) is 10.5 Å². The summed E-state index contributed by atoms with van der Waals surface area (Å²) in [5.41, 5.74) is 3.71. The molecular weight excluding hydrogens is 498 g/mol. The number of hydrogen-bond donors (Lipinski definition) is 1. The Kier molecular flexibility index (Phi) is 7.40. The van der Waals surface area contributed by atoms with Crippen LogP contribution in [0.1, 0.15) is 36.7 Å². The number of amides is 2. The third kappa shape index (κ3) is 6.00. The van der Waals surface area contributed by atoms with Crippen molar-refractivity contribution >= 4 is 39.2 Å². The van der Waals surface area contributed by atoms with Gasteiger partial charge >= 0.3 is 6.09 Å². The van der Waals surface area contributed by atoms with Gasteiger partial charge in [-0.15, -0.1) is 11.3 Å². The molecule has 0 unspecified atom stereocenters. The maximum absolute atomic E-state index is 12.8. The molecule has 0 spiro atoms. The Bertz CT molecular complexity index is 1440. The zero-order valence-electron chi connectivity index (χ0n) is 21.8. The Morgan fingerprint density at radius 2 is 1.79 bits per heavy atom. The van der Waals surface area contributed by atoms with Crippen molar-refractivity contribution < 1.29 is 14.3 Å². The fraction of sp³-hybridized carbons (Fsp3) is 0.310. The SMILES string of the molecule is CC(C)(C)OC(=O)N1CCN(Cc2cccc3sc(-c4ccccc4NC(=O)c4cccnc4)nc23)CC1. The van der Waals surface area contributed by atoms with Gasteiger partial charge in [0.1, 0.15) is 10.6 Å². The number of carbonyl (C=O) groups excluding carboxylic acids is 2. The van der Waals surface area contributed by atoms with Crippen molar-refractivity contribution in [2.24, 2.45) is 0 Å². The number of benzene rings is 2. The van der Waals surface area contributed by atoms with E-state index in [2.05, 4.69) is 33.4 Å². The number of pyridine rings is 1. The molecule has 5 rings (SSSR count). The summed E-state index contributed by atoms with van der Waals surface area (Å²) in [6.07, 6.45) is 2.94. The maximum atomic E-state index is 12.8. The predicted octanol–water partition coefficient (Wildman–Crippen LogP) is 5.66. The standard InChI is InChI=1S/C29H31N5O3S/c1-29(2,3)37-28(36)34-16-14-33(15-17-34)19-21-8-6-12-24-25(21)32-27(38-24)22-10-4-5-11-23(22)31-26(35)20-9-7-13-30-18-20/h4-13,18H,14-17,19H2,1-3H3,(H,31,35). The molecule has 4 aromatic rings. The molecule has 3 heterocycles. The van der Waals surface area contributed by atoms with Crippen LogP contribution in [0.15, 0.2) is 67.0 Å². The zero-order chi connectivity index (χ0) is 26.7. The van der Waals surface area contributed by atoms with Gasteiger partial charge < -0.3 is 15.0 Å². The zero-order valence-corrected chi connectivity index (χ0v) is 22.6. The van der Waals surface area contributed by atoms with E-state index in [0.717, 1.165) is 46.0 Å². The molecule has 0 bridgehead atoms. The highest BCUT2D eigenvalue weighted by Crippen LogP contribution is 2.36. The molecule has 0 aliphatic carbocycles. The summed E-state index contributed by atoms with van der Waals surface area (Å²) in [7, 11) is 0. The van der Waals surface area contributed by atoms with Gasteiger partial charge in [0.25, 0.3) is 5.91 Å². The van der Waals surface area contributed by atoms with Crippen LogP contribution in [0.2, 0.25) is 0 Å². The van der Waals surface area contributed by atoms with Crippen LogP contribution in [-0.2, 0) is 11.3 Å². The Hall–Kier alpha value is -3.82. The molecule has 2 amide bonds. The smallest absolute Gasteiger partial charge is 0.410 e. The lowest BCUT2D eigenvalue weighted by molar-refractivity contribution is 0.0139. The van der Waals surface area contributed by atoms with E-state index < -0.39 is 5.60 Å². The van der Waals surface area contributed by atoms with Crippen molar-refractivity contribution in [3.8, 4) is 10.6 Å². The van der Waals surface area contributed by atoms with Crippen molar-refractivity contribution in [1.82, 2.24) is 19.8 Å². The van der Waals surface area contributed by atoms with Crippen molar-refractivity contribution in [2.45, 2.75) is 32.9 Å². The first-order valence-electron chi connectivity index (χ1n) is 12.7. The van der Waals surface area contributed by atoms with Gasteiger partial charge in [0.2, 0.25) is 0 Å². The normalized spacial score (nSPS) is 14.4. The highest BCUT2D eigenvalue weighted by atomic mass is 32.1. The Labute approximate surface area is 226 Å². The monoisotopic (exact) mass is 529 g/mol. The molecule has 1 saturated heterocycles. The quantitative estimate of drug-likeness (QED) is 0.359. The van der Waals surface area contributed by atoms with Gasteiger partial charge in [-0.05, 0) is 56.7 Å². The summed E-state index contributed by atoms with van der Waals surface area (Å²) < 4.78 is 6.62. The number of nitrogens with zero attached hydrogens (tertiary/aromatic N) is 4. The number of aromatic nitrogens is 2. The first-order chi connectivity index (χ1) is 18.3. The maximum Gasteiger partial charge on any atom is 0.410 e. The lowest BCUT2D eigenvalue weighted by Crippen LogP contribution is -2.49. The Balaban J connectivity index is 1.32. The third-order valence-corrected chi connectivity index (χ3v) is 7.30. The summed E-state index contributed by atoms with van der Waals surface area (Å²) in [6, 6.07) is 17.5. The van der Waals surface area contributed by atoms with E-state index in [4.69, 9.17) is 9.72 Å². The van der Waals surface area contributed by atoms with Crippen molar-refractivity contribution in [2.75, 3.05) is 31.5 Å². The van der Waals surface area contributed by atoms with Crippen molar-refractivity contribution in [1.29, 1.82) is 0 Å². The molecule has 1 N–H and O–H groups in total. The second kappa shape index (κ2) is 10.9. The van der Waals surface area contributed by atoms with E-state index in [1.165, 1.54) is 0 Å². The molecule has 38 heavy (non-hydrogen) atoms. The number of carbonyl (C=O) groups is 2. The van der Waals surface area contributed by atoms with Gasteiger partial charge in [-0.1, -0.05) is 24.3 Å². The molecule has 8 nitrogen and oxygen atoms in total. The van der Waals surface area contributed by atoms with E-state index in [9.17, 15) is 9.59 Å². The Morgan fingerprint density at radius 3 is 2.53 bits per heavy atom. The lowest BCUT2D eigenvalue weighted by Gasteiger charge is -2.35. The first kappa shape index (κ1) is 25.8. The molecule has 2 aromatic carbocycles. The van der Waals surface area contributed by atoms with Crippen LogP contribution in [0, 0.1) is 0 Å². The van der Waals surface area contributed by atoms with E-state index in [0.29, 0.717) is 24.3 Å². The highest BCUT2D eigenvalue weighted by molar-refractivity contribution is 7.21. The molecule has 1 aliphatic heterocycles. The summed E-state index contributed by atoms with van der Waals surface area (Å²) in [5.74, 6) is -0.210. The van der Waals surface area contributed by atoms with Crippen molar-refractivity contribution in [3.63, 3.8) is 0 Å². The van der Waals surface area contributed by atoms with Crippen LogP contribution < -0.4 is 5.32 Å². The van der Waals surface area contributed by atoms with Gasteiger partial charge in [0.05, 0.1) is 21.5 Å². The number of piperazine rings is 1. The second-order valence-corrected chi connectivity index (χ2v) is 11.3. The summed E-state index contributed by atoms with van der Waals surface area (Å²) in [4.78, 5) is 38.4. The van der Waals surface area contributed by atoms with Crippen LogP contribution in [0.5, 0.6) is 0 Å². The third-order valence-electron chi connectivity index (χ3n) is 6.25. The lowest BCUT2D eigenvalue weighted by atomic mass is 10.1. The molecule has 1 fully saturated rings. The first-order valence-corrected chi connectivity index (χ1v) is 13.5. The van der Waals surface area contributed by atoms with E-state index in [1.54, 1.807) is 40.8 Å². The molecule has 9 heteroatoms. The number of ether oxygens (including phenoxy) is 1. The molecule has 0 saturated carbocycles. The van der Waals surface area contributed by atoms with Crippen LogP contribution in [0.25, 0.3) is 20.8 Å². The highest BCUT2D eigenvalue weighted by Gasteiger charge is 2.26. The number of rotatable bonds is 5. The van der Waals surface area contributed by atoms with E-state index >= 15 is 0 Å². The van der Waals surface area contributed by atoms with E-state index in [-0.39, 0.29) is 12.0 Å². The van der Waals surface area contributed by atoms with Gasteiger partial charge in [-0.2, -0.15) is 0 Å². The summed E-state index contributed by atoms with van der Waals surface area (Å²) >= 11 is 1.61. The minimum atomic E-state index is -0.494. The van der Waals surface area contributed by atoms with Crippen molar-refractivity contribution in [3.05, 3.63) is 78.1 Å². The molecule has 196 valence electrons. The van der Waals surface area contributed by atoms with Gasteiger partial charge in [0.15, 0.2) is 0 Å². The number of anilines is 1. The topological polar surface area (TPSA) is 87.7 Å². The number of para-hydroxylation sites is 2. The fourth-order valence-corrected chi connectivity index (χ4v) is 5.43. The second-order valence-electron chi connectivity index (χ2n) is 10.3. The molecular formula is C29H31N5O3S. The fourth-order valence-electron chi connectivity index (χ4n) is 4.37.